The number of nitrogens with two attached hydrogens (primary N) is 1. The van der Waals surface area contributed by atoms with Crippen LogP contribution in [0.4, 0.5) is 8.78 Å². The minimum atomic E-state index is -3.56. The summed E-state index contributed by atoms with van der Waals surface area (Å²) in [7, 11) is 0. The van der Waals surface area contributed by atoms with Crippen molar-refractivity contribution >= 4 is 0 Å². The topological polar surface area (TPSA) is 44.5 Å². The first kappa shape index (κ1) is 9.21. The summed E-state index contributed by atoms with van der Waals surface area (Å²) in [4.78, 5) is 0. The van der Waals surface area contributed by atoms with Gasteiger partial charge >= 0.3 is 6.29 Å². The standard InChI is InChI=1S/C9H9F2NO2/c10-9(11)13-7-3-1-2-6(12)4-5-8(7)14-9/h1,3-6H,2,12H2. The molecule has 1 atom stereocenters. The zero-order chi connectivity index (χ0) is 10.2. The Hall–Kier alpha value is -1.36. The smallest absolute Gasteiger partial charge is 0.395 e. The van der Waals surface area contributed by atoms with Gasteiger partial charge in [0.2, 0.25) is 0 Å². The largest absolute Gasteiger partial charge is 0.586 e. The highest BCUT2D eigenvalue weighted by atomic mass is 19.3. The average molecular weight is 201 g/mol. The van der Waals surface area contributed by atoms with Crippen LogP contribution in [0.2, 0.25) is 0 Å². The lowest BCUT2D eigenvalue weighted by molar-refractivity contribution is -0.335. The fraction of sp³-hybridized carbons (Fsp3) is 0.333. The molecule has 14 heavy (non-hydrogen) atoms. The maximum Gasteiger partial charge on any atom is 0.586 e. The second kappa shape index (κ2) is 3.09. The van der Waals surface area contributed by atoms with Crippen molar-refractivity contribution in [1.82, 2.24) is 0 Å². The van der Waals surface area contributed by atoms with E-state index in [0.717, 1.165) is 0 Å². The second-order valence-electron chi connectivity index (χ2n) is 3.06. The van der Waals surface area contributed by atoms with Crippen molar-refractivity contribution in [2.75, 3.05) is 0 Å². The molecule has 76 valence electrons. The maximum absolute atomic E-state index is 12.6. The van der Waals surface area contributed by atoms with E-state index in [1.54, 1.807) is 12.2 Å². The van der Waals surface area contributed by atoms with Crippen LogP contribution >= 0.6 is 0 Å². The van der Waals surface area contributed by atoms with Crippen molar-refractivity contribution in [2.24, 2.45) is 5.73 Å². The lowest BCUT2D eigenvalue weighted by Gasteiger charge is -2.06. The Balaban J connectivity index is 2.27. The van der Waals surface area contributed by atoms with Crippen LogP contribution in [-0.2, 0) is 9.47 Å². The van der Waals surface area contributed by atoms with Crippen molar-refractivity contribution in [2.45, 2.75) is 18.8 Å². The summed E-state index contributed by atoms with van der Waals surface area (Å²) in [5.41, 5.74) is 5.61. The normalized spacial score (nSPS) is 28.9. The van der Waals surface area contributed by atoms with E-state index in [1.807, 2.05) is 0 Å². The van der Waals surface area contributed by atoms with Crippen molar-refractivity contribution in [3.05, 3.63) is 35.8 Å². The fourth-order valence-corrected chi connectivity index (χ4v) is 1.23. The fourth-order valence-electron chi connectivity index (χ4n) is 1.23. The molecule has 0 radical (unpaired) electrons. The van der Waals surface area contributed by atoms with E-state index < -0.39 is 6.29 Å². The highest BCUT2D eigenvalue weighted by molar-refractivity contribution is 5.29. The van der Waals surface area contributed by atoms with Gasteiger partial charge in [0.05, 0.1) is 0 Å². The molecule has 5 heteroatoms. The first-order valence-corrected chi connectivity index (χ1v) is 4.17. The summed E-state index contributed by atoms with van der Waals surface area (Å²) in [6, 6.07) is -0.182. The lowest BCUT2D eigenvalue weighted by atomic mass is 10.1. The number of halogens is 2. The number of rotatable bonds is 0. The van der Waals surface area contributed by atoms with Gasteiger partial charge in [-0.2, -0.15) is 0 Å². The SMILES string of the molecule is NC1C=CC2=C(C=CC1)OC(F)(F)O2. The van der Waals surface area contributed by atoms with E-state index >= 15 is 0 Å². The predicted molar refractivity (Wildman–Crippen MR) is 45.0 cm³/mol. The molecule has 1 heterocycles. The van der Waals surface area contributed by atoms with Crippen LogP contribution in [0.3, 0.4) is 0 Å². The zero-order valence-corrected chi connectivity index (χ0v) is 7.24. The molecular formula is C9H9F2NO2. The highest BCUT2D eigenvalue weighted by Crippen LogP contribution is 2.35. The van der Waals surface area contributed by atoms with Crippen LogP contribution in [-0.4, -0.2) is 12.3 Å². The van der Waals surface area contributed by atoms with Gasteiger partial charge in [0.15, 0.2) is 11.5 Å². The molecule has 3 nitrogen and oxygen atoms in total. The third-order valence-electron chi connectivity index (χ3n) is 1.87. The Kier molecular flexibility index (Phi) is 2.03. The van der Waals surface area contributed by atoms with E-state index in [1.165, 1.54) is 12.2 Å². The van der Waals surface area contributed by atoms with Crippen LogP contribution in [0.15, 0.2) is 35.8 Å². The second-order valence-corrected chi connectivity index (χ2v) is 3.06. The first-order chi connectivity index (χ1) is 6.57. The van der Waals surface area contributed by atoms with Crippen LogP contribution in [0, 0.1) is 0 Å². The summed E-state index contributed by atoms with van der Waals surface area (Å²) in [6.07, 6.45) is 3.15. The van der Waals surface area contributed by atoms with Gasteiger partial charge in [-0.05, 0) is 18.6 Å². The van der Waals surface area contributed by atoms with Gasteiger partial charge in [0.25, 0.3) is 0 Å². The third-order valence-corrected chi connectivity index (χ3v) is 1.87. The molecule has 2 N–H and O–H groups in total. The van der Waals surface area contributed by atoms with E-state index in [-0.39, 0.29) is 17.6 Å². The molecule has 0 aromatic carbocycles. The van der Waals surface area contributed by atoms with E-state index in [4.69, 9.17) is 5.73 Å². The third kappa shape index (κ3) is 1.77. The summed E-state index contributed by atoms with van der Waals surface area (Å²) in [5, 5.41) is 0. The van der Waals surface area contributed by atoms with Gasteiger partial charge in [-0.15, -0.1) is 8.78 Å². The van der Waals surface area contributed by atoms with E-state index in [9.17, 15) is 8.78 Å². The van der Waals surface area contributed by atoms with E-state index in [0.29, 0.717) is 6.42 Å². The minimum Gasteiger partial charge on any atom is -0.395 e. The number of alkyl halides is 2. The summed E-state index contributed by atoms with van der Waals surface area (Å²) >= 11 is 0. The van der Waals surface area contributed by atoms with Gasteiger partial charge in [-0.1, -0.05) is 12.2 Å². The van der Waals surface area contributed by atoms with Gasteiger partial charge in [-0.25, -0.2) is 0 Å². The van der Waals surface area contributed by atoms with Crippen LogP contribution in [0.1, 0.15) is 6.42 Å². The minimum absolute atomic E-state index is 0.0152. The molecule has 1 aliphatic carbocycles. The molecular weight excluding hydrogens is 192 g/mol. The number of ether oxygens (including phenoxy) is 2. The molecule has 0 spiro atoms. The van der Waals surface area contributed by atoms with Crippen molar-refractivity contribution in [1.29, 1.82) is 0 Å². The van der Waals surface area contributed by atoms with Crippen molar-refractivity contribution < 1.29 is 18.3 Å². The molecule has 1 aliphatic heterocycles. The van der Waals surface area contributed by atoms with Crippen LogP contribution in [0.5, 0.6) is 0 Å². The Morgan fingerprint density at radius 2 is 1.93 bits per heavy atom. The Morgan fingerprint density at radius 1 is 1.29 bits per heavy atom. The molecule has 2 rings (SSSR count). The monoisotopic (exact) mass is 201 g/mol. The van der Waals surface area contributed by atoms with Crippen LogP contribution in [0.25, 0.3) is 0 Å². The molecule has 1 unspecified atom stereocenters. The molecule has 0 aromatic heterocycles. The lowest BCUT2D eigenvalue weighted by Crippen LogP contribution is -2.16. The summed E-state index contributed by atoms with van der Waals surface area (Å²) in [5.74, 6) is 0.0551. The van der Waals surface area contributed by atoms with Gasteiger partial charge in [-0.3, -0.25) is 0 Å². The molecule has 0 bridgehead atoms. The molecule has 0 saturated heterocycles. The zero-order valence-electron chi connectivity index (χ0n) is 7.24. The number of allylic oxidation sites excluding steroid dienone is 2. The molecule has 0 fully saturated rings. The Labute approximate surface area is 79.5 Å². The summed E-state index contributed by atoms with van der Waals surface area (Å²) < 4.78 is 33.8. The highest BCUT2D eigenvalue weighted by Gasteiger charge is 2.43. The van der Waals surface area contributed by atoms with Crippen LogP contribution < -0.4 is 5.73 Å². The van der Waals surface area contributed by atoms with Crippen molar-refractivity contribution in [3.63, 3.8) is 0 Å². The van der Waals surface area contributed by atoms with Crippen molar-refractivity contribution in [3.8, 4) is 0 Å². The quantitative estimate of drug-likeness (QED) is 0.648. The predicted octanol–water partition coefficient (Wildman–Crippen LogP) is 1.64. The Bertz CT molecular complexity index is 334. The van der Waals surface area contributed by atoms with Gasteiger partial charge in [0, 0.05) is 6.04 Å². The Morgan fingerprint density at radius 3 is 2.64 bits per heavy atom. The number of hydrogen-bond acceptors (Lipinski definition) is 3. The molecule has 0 aromatic rings. The molecule has 2 aliphatic rings. The van der Waals surface area contributed by atoms with Gasteiger partial charge in [0.1, 0.15) is 0 Å². The molecule has 0 amide bonds. The summed E-state index contributed by atoms with van der Waals surface area (Å²) in [6.45, 7) is 0. The number of hydrogen-bond donors (Lipinski definition) is 1. The average Bonchev–Trinajstić information content (AvgIpc) is 2.34. The first-order valence-electron chi connectivity index (χ1n) is 4.17. The maximum atomic E-state index is 12.6. The molecule has 0 saturated carbocycles. The van der Waals surface area contributed by atoms with Gasteiger partial charge < -0.3 is 15.2 Å². The van der Waals surface area contributed by atoms with E-state index in [2.05, 4.69) is 9.47 Å².